The Morgan fingerprint density at radius 3 is 3.08 bits per heavy atom. The number of carbonyl (C=O) groups excluding carboxylic acids is 1. The number of hydrogen-bond acceptors (Lipinski definition) is 6. The lowest BCUT2D eigenvalue weighted by Crippen LogP contribution is -2.54. The van der Waals surface area contributed by atoms with Crippen molar-refractivity contribution in [3.8, 4) is 10.7 Å². The molecule has 1 atom stereocenters. The zero-order valence-corrected chi connectivity index (χ0v) is 16.6. The first kappa shape index (κ1) is 19.0. The number of nitrogens with one attached hydrogen (secondary N) is 1. The van der Waals surface area contributed by atoms with Gasteiger partial charge in [-0.15, -0.1) is 11.3 Å². The maximum absolute atomic E-state index is 12.2. The molecule has 3 rings (SSSR count). The highest BCUT2D eigenvalue weighted by Gasteiger charge is 2.30. The second-order valence-corrected chi connectivity index (χ2v) is 8.72. The van der Waals surface area contributed by atoms with Crippen LogP contribution in [0.3, 0.4) is 0 Å². The molecule has 1 aliphatic rings. The Kier molecular flexibility index (Phi) is 6.09. The van der Waals surface area contributed by atoms with Gasteiger partial charge >= 0.3 is 0 Å². The second-order valence-electron chi connectivity index (χ2n) is 7.77. The van der Waals surface area contributed by atoms with E-state index in [0.29, 0.717) is 31.1 Å². The van der Waals surface area contributed by atoms with Crippen molar-refractivity contribution in [1.82, 2.24) is 20.4 Å². The van der Waals surface area contributed by atoms with Crippen LogP contribution in [0.1, 0.15) is 45.9 Å². The fourth-order valence-electron chi connectivity index (χ4n) is 3.34. The Bertz CT molecular complexity index is 711. The number of aryl methyl sites for hydroxylation is 1. The number of nitrogens with zero attached hydrogens (tertiary/aromatic N) is 3. The van der Waals surface area contributed by atoms with Gasteiger partial charge in [-0.3, -0.25) is 9.69 Å². The van der Waals surface area contributed by atoms with E-state index in [4.69, 9.17) is 4.52 Å². The van der Waals surface area contributed by atoms with Gasteiger partial charge in [0, 0.05) is 31.5 Å². The Hall–Kier alpha value is -1.73. The van der Waals surface area contributed by atoms with Crippen molar-refractivity contribution in [3.63, 3.8) is 0 Å². The molecule has 0 aliphatic carbocycles. The van der Waals surface area contributed by atoms with Gasteiger partial charge in [-0.1, -0.05) is 18.1 Å². The van der Waals surface area contributed by atoms with Crippen molar-refractivity contribution in [2.45, 2.75) is 52.0 Å². The van der Waals surface area contributed by atoms with E-state index in [0.717, 1.165) is 23.9 Å². The van der Waals surface area contributed by atoms with Gasteiger partial charge in [0.05, 0.1) is 4.88 Å². The lowest BCUT2D eigenvalue weighted by atomic mass is 9.93. The van der Waals surface area contributed by atoms with Crippen molar-refractivity contribution in [1.29, 1.82) is 0 Å². The maximum atomic E-state index is 12.2. The number of carbonyl (C=O) groups is 1. The largest absolute Gasteiger partial charge is 0.354 e. The number of aromatic nitrogens is 2. The molecule has 0 radical (unpaired) electrons. The van der Waals surface area contributed by atoms with Gasteiger partial charge in [0.1, 0.15) is 0 Å². The van der Waals surface area contributed by atoms with Crippen LogP contribution >= 0.6 is 11.3 Å². The number of rotatable bonds is 7. The minimum atomic E-state index is -0.0266. The highest BCUT2D eigenvalue weighted by atomic mass is 32.1. The van der Waals surface area contributed by atoms with Crippen LogP contribution < -0.4 is 5.32 Å². The quantitative estimate of drug-likeness (QED) is 0.802. The lowest BCUT2D eigenvalue weighted by Gasteiger charge is -2.43. The number of piperidine rings is 1. The topological polar surface area (TPSA) is 71.3 Å². The Balaban J connectivity index is 1.44. The first-order chi connectivity index (χ1) is 12.4. The van der Waals surface area contributed by atoms with E-state index >= 15 is 0 Å². The molecule has 2 aromatic rings. The van der Waals surface area contributed by atoms with Crippen LogP contribution in [0.2, 0.25) is 0 Å². The van der Waals surface area contributed by atoms with Gasteiger partial charge in [-0.25, -0.2) is 0 Å². The fourth-order valence-corrected chi connectivity index (χ4v) is 3.99. The average molecular weight is 377 g/mol. The zero-order valence-electron chi connectivity index (χ0n) is 15.8. The summed E-state index contributed by atoms with van der Waals surface area (Å²) in [6, 6.07) is 3.91. The summed E-state index contributed by atoms with van der Waals surface area (Å²) in [7, 11) is 0. The lowest BCUT2D eigenvalue weighted by molar-refractivity contribution is -0.121. The van der Waals surface area contributed by atoms with E-state index in [1.807, 2.05) is 17.5 Å². The van der Waals surface area contributed by atoms with Gasteiger partial charge in [0.15, 0.2) is 0 Å². The molecule has 2 aromatic heterocycles. The van der Waals surface area contributed by atoms with E-state index in [1.165, 1.54) is 12.8 Å². The monoisotopic (exact) mass is 376 g/mol. The van der Waals surface area contributed by atoms with Crippen LogP contribution in [-0.4, -0.2) is 46.1 Å². The van der Waals surface area contributed by atoms with Crippen molar-refractivity contribution in [3.05, 3.63) is 23.4 Å². The third kappa shape index (κ3) is 4.92. The predicted octanol–water partition coefficient (Wildman–Crippen LogP) is 3.36. The Labute approximate surface area is 159 Å². The summed E-state index contributed by atoms with van der Waals surface area (Å²) < 4.78 is 5.25. The molecule has 1 unspecified atom stereocenters. The van der Waals surface area contributed by atoms with Crippen molar-refractivity contribution < 1.29 is 9.32 Å². The minimum Gasteiger partial charge on any atom is -0.354 e. The second kappa shape index (κ2) is 8.31. The smallest absolute Gasteiger partial charge is 0.227 e. The summed E-state index contributed by atoms with van der Waals surface area (Å²) >= 11 is 1.57. The molecule has 1 saturated heterocycles. The van der Waals surface area contributed by atoms with Crippen LogP contribution in [-0.2, 0) is 11.2 Å². The number of thiophene rings is 1. The summed E-state index contributed by atoms with van der Waals surface area (Å²) in [5.74, 6) is 1.86. The van der Waals surface area contributed by atoms with Crippen molar-refractivity contribution >= 4 is 17.2 Å². The van der Waals surface area contributed by atoms with Crippen molar-refractivity contribution in [2.75, 3.05) is 19.6 Å². The maximum Gasteiger partial charge on any atom is 0.227 e. The molecule has 7 heteroatoms. The molecule has 26 heavy (non-hydrogen) atoms. The molecule has 6 nitrogen and oxygen atoms in total. The summed E-state index contributed by atoms with van der Waals surface area (Å²) in [4.78, 5) is 20.1. The number of likely N-dealkylation sites (tertiary alicyclic amines) is 1. The van der Waals surface area contributed by atoms with Gasteiger partial charge in [-0.05, 0) is 50.6 Å². The Morgan fingerprint density at radius 1 is 1.50 bits per heavy atom. The predicted molar refractivity (Wildman–Crippen MR) is 103 cm³/mol. The van der Waals surface area contributed by atoms with E-state index in [-0.39, 0.29) is 11.4 Å². The van der Waals surface area contributed by atoms with Crippen molar-refractivity contribution in [2.24, 2.45) is 5.92 Å². The standard InChI is InChI=1S/C19H28N4O2S/c1-14-6-4-10-23(12-14)19(2,3)13-20-16(24)8-9-17-21-18(22-25-17)15-7-5-11-26-15/h5,7,11,14H,4,6,8-10,12-13H2,1-3H3,(H,20,24). The van der Waals surface area contributed by atoms with Gasteiger partial charge in [-0.2, -0.15) is 4.98 Å². The highest BCUT2D eigenvalue weighted by molar-refractivity contribution is 7.13. The summed E-state index contributed by atoms with van der Waals surface area (Å²) in [5, 5.41) is 9.02. The van der Waals surface area contributed by atoms with Crippen LogP contribution in [0, 0.1) is 5.92 Å². The zero-order chi connectivity index (χ0) is 18.6. The number of amides is 1. The van der Waals surface area contributed by atoms with Gasteiger partial charge < -0.3 is 9.84 Å². The van der Waals surface area contributed by atoms with Crippen LogP contribution in [0.4, 0.5) is 0 Å². The molecule has 142 valence electrons. The molecular formula is C19H28N4O2S. The van der Waals surface area contributed by atoms with Crippen LogP contribution in [0.15, 0.2) is 22.0 Å². The normalized spacial score (nSPS) is 18.8. The third-order valence-electron chi connectivity index (χ3n) is 5.01. The third-order valence-corrected chi connectivity index (χ3v) is 5.87. The van der Waals surface area contributed by atoms with Gasteiger partial charge in [0.2, 0.25) is 17.6 Å². The van der Waals surface area contributed by atoms with E-state index in [1.54, 1.807) is 11.3 Å². The summed E-state index contributed by atoms with van der Waals surface area (Å²) in [5.41, 5.74) is -0.0266. The number of hydrogen-bond donors (Lipinski definition) is 1. The first-order valence-corrected chi connectivity index (χ1v) is 10.2. The van der Waals surface area contributed by atoms with E-state index < -0.39 is 0 Å². The molecule has 0 aromatic carbocycles. The van der Waals surface area contributed by atoms with Crippen LogP contribution in [0.25, 0.3) is 10.7 Å². The highest BCUT2D eigenvalue weighted by Crippen LogP contribution is 2.23. The van der Waals surface area contributed by atoms with E-state index in [9.17, 15) is 4.79 Å². The molecule has 1 amide bonds. The molecule has 0 saturated carbocycles. The fraction of sp³-hybridized carbons (Fsp3) is 0.632. The van der Waals surface area contributed by atoms with Gasteiger partial charge in [0.25, 0.3) is 0 Å². The molecule has 0 spiro atoms. The molecule has 1 fully saturated rings. The summed E-state index contributed by atoms with van der Waals surface area (Å²) in [6.45, 7) is 9.59. The molecule has 3 heterocycles. The average Bonchev–Trinajstić information content (AvgIpc) is 3.29. The molecule has 1 aliphatic heterocycles. The molecule has 1 N–H and O–H groups in total. The molecular weight excluding hydrogens is 348 g/mol. The molecule has 0 bridgehead atoms. The Morgan fingerprint density at radius 2 is 2.35 bits per heavy atom. The minimum absolute atomic E-state index is 0.0266. The van der Waals surface area contributed by atoms with Crippen LogP contribution in [0.5, 0.6) is 0 Å². The van der Waals surface area contributed by atoms with E-state index in [2.05, 4.69) is 41.1 Å². The summed E-state index contributed by atoms with van der Waals surface area (Å²) in [6.07, 6.45) is 3.36. The first-order valence-electron chi connectivity index (χ1n) is 9.32. The SMILES string of the molecule is CC1CCCN(C(C)(C)CNC(=O)CCc2nc(-c3cccs3)no2)C1.